The van der Waals surface area contributed by atoms with E-state index < -0.39 is 6.09 Å². The van der Waals surface area contributed by atoms with Gasteiger partial charge in [-0.25, -0.2) is 4.79 Å². The van der Waals surface area contributed by atoms with Crippen LogP contribution in [0.5, 0.6) is 0 Å². The van der Waals surface area contributed by atoms with Gasteiger partial charge in [-0.2, -0.15) is 0 Å². The molecule has 0 bridgehead atoms. The van der Waals surface area contributed by atoms with Crippen molar-refractivity contribution in [1.29, 1.82) is 0 Å². The number of rotatable bonds is 2. The molecule has 1 saturated carbocycles. The smallest absolute Gasteiger partial charge is 0.404 e. The fourth-order valence-corrected chi connectivity index (χ4v) is 4.30. The summed E-state index contributed by atoms with van der Waals surface area (Å²) in [6.07, 6.45) is 1.93. The van der Waals surface area contributed by atoms with Crippen molar-refractivity contribution in [3.63, 3.8) is 0 Å². The van der Waals surface area contributed by atoms with Crippen molar-refractivity contribution in [3.8, 4) is 0 Å². The summed E-state index contributed by atoms with van der Waals surface area (Å²) in [4.78, 5) is 24.2. The van der Waals surface area contributed by atoms with E-state index in [0.29, 0.717) is 39.0 Å². The third kappa shape index (κ3) is 2.63. The molecule has 1 aliphatic carbocycles. The number of hydrogen-bond donors (Lipinski definition) is 2. The normalized spacial score (nSPS) is 20.5. The Bertz CT molecular complexity index is 1070. The van der Waals surface area contributed by atoms with Gasteiger partial charge in [0.25, 0.3) is 5.56 Å². The van der Waals surface area contributed by atoms with E-state index >= 15 is 0 Å². The maximum absolute atomic E-state index is 13.2. The van der Waals surface area contributed by atoms with Gasteiger partial charge in [-0.1, -0.05) is 22.8 Å². The first-order valence-corrected chi connectivity index (χ1v) is 8.93. The molecule has 0 saturated heterocycles. The molecule has 1 aromatic carbocycles. The minimum atomic E-state index is -1.04. The Kier molecular flexibility index (Phi) is 4.11. The van der Waals surface area contributed by atoms with Crippen molar-refractivity contribution in [2.75, 3.05) is 0 Å². The average Bonchev–Trinajstić information content (AvgIpc) is 2.97. The molecule has 26 heavy (non-hydrogen) atoms. The molecular weight excluding hydrogens is 358 g/mol. The SMILES string of the molecule is Cc1onc2c1c(=O)n(C1CCCC(NC(=O)O)C1)c1cccc(Cl)c21. The molecule has 0 aliphatic heterocycles. The highest BCUT2D eigenvalue weighted by Crippen LogP contribution is 2.35. The lowest BCUT2D eigenvalue weighted by molar-refractivity contribution is 0.181. The third-order valence-corrected chi connectivity index (χ3v) is 5.44. The van der Waals surface area contributed by atoms with Crippen molar-refractivity contribution in [2.24, 2.45) is 0 Å². The van der Waals surface area contributed by atoms with Crippen molar-refractivity contribution < 1.29 is 14.4 Å². The fourth-order valence-electron chi connectivity index (χ4n) is 4.04. The first kappa shape index (κ1) is 16.9. The zero-order valence-electron chi connectivity index (χ0n) is 14.2. The van der Waals surface area contributed by atoms with Gasteiger partial charge in [0.1, 0.15) is 16.7 Å². The van der Waals surface area contributed by atoms with Gasteiger partial charge in [-0.05, 0) is 44.7 Å². The summed E-state index contributed by atoms with van der Waals surface area (Å²) in [5, 5.41) is 17.2. The Morgan fingerprint density at radius 1 is 1.38 bits per heavy atom. The van der Waals surface area contributed by atoms with Gasteiger partial charge < -0.3 is 19.5 Å². The molecule has 4 rings (SSSR count). The number of aryl methyl sites for hydroxylation is 1. The van der Waals surface area contributed by atoms with Gasteiger partial charge in [-0.15, -0.1) is 0 Å². The number of fused-ring (bicyclic) bond motifs is 3. The number of hydrogen-bond acceptors (Lipinski definition) is 4. The Balaban J connectivity index is 1.95. The van der Waals surface area contributed by atoms with E-state index in [9.17, 15) is 9.59 Å². The van der Waals surface area contributed by atoms with E-state index in [4.69, 9.17) is 21.2 Å². The van der Waals surface area contributed by atoms with E-state index in [1.165, 1.54) is 0 Å². The maximum Gasteiger partial charge on any atom is 0.404 e. The molecule has 8 heteroatoms. The molecule has 2 unspecified atom stereocenters. The Labute approximate surface area is 153 Å². The van der Waals surface area contributed by atoms with Crippen LogP contribution >= 0.6 is 11.6 Å². The predicted molar refractivity (Wildman–Crippen MR) is 98.0 cm³/mol. The quantitative estimate of drug-likeness (QED) is 0.708. The zero-order valence-corrected chi connectivity index (χ0v) is 14.9. The molecule has 0 spiro atoms. The van der Waals surface area contributed by atoms with E-state index in [0.717, 1.165) is 19.3 Å². The van der Waals surface area contributed by atoms with E-state index in [2.05, 4.69) is 10.5 Å². The first-order chi connectivity index (χ1) is 12.5. The molecule has 1 aliphatic rings. The molecular formula is C18H18ClN3O4. The lowest BCUT2D eigenvalue weighted by atomic mass is 9.90. The van der Waals surface area contributed by atoms with Crippen LogP contribution in [0.4, 0.5) is 4.79 Å². The van der Waals surface area contributed by atoms with Crippen molar-refractivity contribution >= 4 is 39.5 Å². The number of amides is 1. The van der Waals surface area contributed by atoms with Crippen LogP contribution in [0.1, 0.15) is 37.5 Å². The summed E-state index contributed by atoms with van der Waals surface area (Å²) < 4.78 is 7.00. The second kappa shape index (κ2) is 6.32. The van der Waals surface area contributed by atoms with Crippen LogP contribution in [0.2, 0.25) is 5.02 Å². The molecule has 1 amide bonds. The van der Waals surface area contributed by atoms with Crippen molar-refractivity contribution in [1.82, 2.24) is 15.0 Å². The van der Waals surface area contributed by atoms with Crippen LogP contribution in [-0.2, 0) is 0 Å². The van der Waals surface area contributed by atoms with Crippen molar-refractivity contribution in [2.45, 2.75) is 44.7 Å². The standard InChI is InChI=1S/C18H18ClN3O4/c1-9-14-16(21-26-9)15-12(19)6-3-7-13(15)22(17(14)23)11-5-2-4-10(8-11)20-18(24)25/h3,6-7,10-11,20H,2,4-5,8H2,1H3,(H,24,25). The summed E-state index contributed by atoms with van der Waals surface area (Å²) in [6.45, 7) is 1.71. The number of halogens is 1. The minimum absolute atomic E-state index is 0.118. The van der Waals surface area contributed by atoms with Gasteiger partial charge in [0.05, 0.1) is 10.5 Å². The number of nitrogens with one attached hydrogen (secondary N) is 1. The van der Waals surface area contributed by atoms with Crippen LogP contribution in [0.3, 0.4) is 0 Å². The molecule has 0 radical (unpaired) electrons. The second-order valence-corrected chi connectivity index (χ2v) is 7.15. The van der Waals surface area contributed by atoms with Gasteiger partial charge >= 0.3 is 6.09 Å². The number of benzene rings is 1. The Morgan fingerprint density at radius 2 is 2.19 bits per heavy atom. The van der Waals surface area contributed by atoms with Crippen LogP contribution in [-0.4, -0.2) is 27.0 Å². The fraction of sp³-hybridized carbons (Fsp3) is 0.389. The number of pyridine rings is 1. The maximum atomic E-state index is 13.2. The Morgan fingerprint density at radius 3 is 2.96 bits per heavy atom. The van der Waals surface area contributed by atoms with Gasteiger partial charge in [0.2, 0.25) is 0 Å². The second-order valence-electron chi connectivity index (χ2n) is 6.74. The molecule has 2 heterocycles. The van der Waals surface area contributed by atoms with Crippen LogP contribution in [0.25, 0.3) is 21.8 Å². The third-order valence-electron chi connectivity index (χ3n) is 5.12. The number of aromatic nitrogens is 2. The van der Waals surface area contributed by atoms with E-state index in [1.54, 1.807) is 23.6 Å². The highest BCUT2D eigenvalue weighted by molar-refractivity contribution is 6.37. The zero-order chi connectivity index (χ0) is 18.4. The number of carbonyl (C=O) groups is 1. The topological polar surface area (TPSA) is 97.4 Å². The molecule has 136 valence electrons. The first-order valence-electron chi connectivity index (χ1n) is 8.55. The molecule has 2 aromatic heterocycles. The molecule has 2 N–H and O–H groups in total. The molecule has 1 fully saturated rings. The highest BCUT2D eigenvalue weighted by atomic mass is 35.5. The summed E-state index contributed by atoms with van der Waals surface area (Å²) in [6, 6.07) is 5.12. The highest BCUT2D eigenvalue weighted by Gasteiger charge is 2.28. The van der Waals surface area contributed by atoms with Crippen molar-refractivity contribution in [3.05, 3.63) is 39.3 Å². The Hall–Kier alpha value is -2.54. The average molecular weight is 376 g/mol. The number of carboxylic acid groups (broad SMARTS) is 1. The summed E-state index contributed by atoms with van der Waals surface area (Å²) in [5.74, 6) is 0.455. The largest absolute Gasteiger partial charge is 0.465 e. The molecule has 2 atom stereocenters. The van der Waals surface area contributed by atoms with Gasteiger partial charge in [-0.3, -0.25) is 4.79 Å². The van der Waals surface area contributed by atoms with E-state index in [1.807, 2.05) is 6.07 Å². The van der Waals surface area contributed by atoms with Crippen LogP contribution in [0.15, 0.2) is 27.5 Å². The molecule has 3 aromatic rings. The van der Waals surface area contributed by atoms with E-state index in [-0.39, 0.29) is 17.6 Å². The number of nitrogens with zero attached hydrogens (tertiary/aromatic N) is 2. The minimum Gasteiger partial charge on any atom is -0.465 e. The monoisotopic (exact) mass is 375 g/mol. The predicted octanol–water partition coefficient (Wildman–Crippen LogP) is 3.86. The van der Waals surface area contributed by atoms with Gasteiger partial charge in [0.15, 0.2) is 0 Å². The van der Waals surface area contributed by atoms with Crippen LogP contribution in [0, 0.1) is 6.92 Å². The van der Waals surface area contributed by atoms with Gasteiger partial charge in [0, 0.05) is 17.5 Å². The molecule has 7 nitrogen and oxygen atoms in total. The lowest BCUT2D eigenvalue weighted by Gasteiger charge is -2.31. The summed E-state index contributed by atoms with van der Waals surface area (Å²) in [5.41, 5.74) is 0.999. The summed E-state index contributed by atoms with van der Waals surface area (Å²) in [7, 11) is 0. The van der Waals surface area contributed by atoms with Crippen LogP contribution < -0.4 is 10.9 Å². The lowest BCUT2D eigenvalue weighted by Crippen LogP contribution is -2.39. The summed E-state index contributed by atoms with van der Waals surface area (Å²) >= 11 is 6.42.